The third kappa shape index (κ3) is 3.55. The van der Waals surface area contributed by atoms with Crippen molar-refractivity contribution in [2.75, 3.05) is 6.61 Å². The molecule has 0 radical (unpaired) electrons. The van der Waals surface area contributed by atoms with Gasteiger partial charge in [0.25, 0.3) is 11.8 Å². The topological polar surface area (TPSA) is 75.7 Å². The van der Waals surface area contributed by atoms with Gasteiger partial charge in [-0.05, 0) is 42.8 Å². The van der Waals surface area contributed by atoms with E-state index in [0.717, 1.165) is 0 Å². The Morgan fingerprint density at radius 3 is 2.24 bits per heavy atom. The minimum absolute atomic E-state index is 0.0942. The predicted molar refractivity (Wildman–Crippen MR) is 118 cm³/mol. The summed E-state index contributed by atoms with van der Waals surface area (Å²) in [4.78, 5) is 40.8. The Morgan fingerprint density at radius 1 is 0.970 bits per heavy atom. The lowest BCUT2D eigenvalue weighted by Crippen LogP contribution is -2.53. The van der Waals surface area contributed by atoms with Gasteiger partial charge in [-0.3, -0.25) is 19.3 Å². The van der Waals surface area contributed by atoms with Crippen molar-refractivity contribution >= 4 is 17.7 Å². The summed E-state index contributed by atoms with van der Waals surface area (Å²) in [5.41, 5.74) is 1.99. The van der Waals surface area contributed by atoms with E-state index in [4.69, 9.17) is 4.74 Å². The zero-order valence-electron chi connectivity index (χ0n) is 17.8. The largest absolute Gasteiger partial charge is 0.491 e. The first-order valence-corrected chi connectivity index (χ1v) is 10.7. The number of imide groups is 1. The number of halogens is 1. The number of hydrogen-bond donors (Lipinski definition) is 1. The van der Waals surface area contributed by atoms with Crippen LogP contribution in [0.3, 0.4) is 0 Å². The van der Waals surface area contributed by atoms with Gasteiger partial charge < -0.3 is 10.1 Å². The summed E-state index contributed by atoms with van der Waals surface area (Å²) in [7, 11) is 0. The molecule has 2 heterocycles. The molecule has 2 aliphatic heterocycles. The summed E-state index contributed by atoms with van der Waals surface area (Å²) in [6.45, 7) is 1.81. The fraction of sp³-hybridized carbons (Fsp3) is 0.192. The summed E-state index contributed by atoms with van der Waals surface area (Å²) in [5.74, 6) is -1.49. The van der Waals surface area contributed by atoms with Crippen LogP contribution in [0.15, 0.2) is 72.8 Å². The number of hydrogen-bond acceptors (Lipinski definition) is 4. The minimum atomic E-state index is -0.730. The normalized spacial score (nSPS) is 20.0. The van der Waals surface area contributed by atoms with Crippen molar-refractivity contribution in [2.24, 2.45) is 0 Å². The Morgan fingerprint density at radius 2 is 1.58 bits per heavy atom. The van der Waals surface area contributed by atoms with Gasteiger partial charge in [-0.1, -0.05) is 42.5 Å². The molecule has 3 aromatic rings. The summed E-state index contributed by atoms with van der Waals surface area (Å²) < 4.78 is 19.2. The van der Waals surface area contributed by atoms with E-state index in [2.05, 4.69) is 5.32 Å². The van der Waals surface area contributed by atoms with Gasteiger partial charge in [0.2, 0.25) is 5.91 Å². The monoisotopic (exact) mass is 444 g/mol. The van der Waals surface area contributed by atoms with Gasteiger partial charge in [-0.2, -0.15) is 0 Å². The van der Waals surface area contributed by atoms with Crippen molar-refractivity contribution in [3.8, 4) is 5.75 Å². The molecule has 2 aliphatic rings. The molecule has 0 saturated carbocycles. The molecule has 1 N–H and O–H groups in total. The lowest BCUT2D eigenvalue weighted by Gasteiger charge is -2.38. The van der Waals surface area contributed by atoms with Crippen LogP contribution in [-0.4, -0.2) is 35.3 Å². The lowest BCUT2D eigenvalue weighted by molar-refractivity contribution is -0.123. The zero-order chi connectivity index (χ0) is 23.1. The number of nitrogens with one attached hydrogen (secondary N) is 1. The summed E-state index contributed by atoms with van der Waals surface area (Å²) >= 11 is 0. The smallest absolute Gasteiger partial charge is 0.262 e. The first kappa shape index (κ1) is 20.9. The average Bonchev–Trinajstić information content (AvgIpc) is 3.09. The van der Waals surface area contributed by atoms with Crippen LogP contribution in [0.25, 0.3) is 0 Å². The molecule has 0 aromatic heterocycles. The molecule has 0 bridgehead atoms. The van der Waals surface area contributed by atoms with Gasteiger partial charge in [-0.25, -0.2) is 4.39 Å². The van der Waals surface area contributed by atoms with Crippen LogP contribution in [0.5, 0.6) is 5.75 Å². The second kappa shape index (κ2) is 8.16. The van der Waals surface area contributed by atoms with Crippen LogP contribution in [0.2, 0.25) is 0 Å². The van der Waals surface area contributed by atoms with Crippen molar-refractivity contribution in [2.45, 2.75) is 24.9 Å². The van der Waals surface area contributed by atoms with Crippen LogP contribution in [0, 0.1) is 5.82 Å². The van der Waals surface area contributed by atoms with Gasteiger partial charge in [0.15, 0.2) is 0 Å². The predicted octanol–water partition coefficient (Wildman–Crippen LogP) is 3.84. The van der Waals surface area contributed by atoms with Crippen molar-refractivity contribution in [3.63, 3.8) is 0 Å². The number of fused-ring (bicyclic) bond motifs is 2. The van der Waals surface area contributed by atoms with Crippen LogP contribution < -0.4 is 10.1 Å². The maximum atomic E-state index is 13.3. The second-order valence-corrected chi connectivity index (χ2v) is 8.21. The standard InChI is InChI=1S/C26H21FN2O4/c1-15(16-10-12-17(27)13-11-16)24(30)28-21-14-33-22-9-5-4-8-20(22)23(21)29-25(31)18-6-2-3-7-19(18)26(29)32/h2-13,15,21,23H,14H2,1H3,(H,28,30)/t15-,21-,23-/m0/s1. The molecule has 3 atom stereocenters. The Kier molecular flexibility index (Phi) is 5.17. The van der Waals surface area contributed by atoms with Crippen LogP contribution in [0.1, 0.15) is 50.7 Å². The number of benzene rings is 3. The van der Waals surface area contributed by atoms with E-state index in [1.54, 1.807) is 61.5 Å². The van der Waals surface area contributed by atoms with Gasteiger partial charge >= 0.3 is 0 Å². The molecular weight excluding hydrogens is 423 g/mol. The molecule has 7 heteroatoms. The highest BCUT2D eigenvalue weighted by atomic mass is 19.1. The molecule has 3 aromatic carbocycles. The fourth-order valence-electron chi connectivity index (χ4n) is 4.45. The number of ether oxygens (including phenoxy) is 1. The third-order valence-corrected chi connectivity index (χ3v) is 6.23. The molecule has 3 amide bonds. The highest BCUT2D eigenvalue weighted by Crippen LogP contribution is 2.40. The molecule has 0 spiro atoms. The number of amides is 3. The lowest BCUT2D eigenvalue weighted by atomic mass is 9.93. The number of para-hydroxylation sites is 1. The van der Waals surface area contributed by atoms with Gasteiger partial charge in [0, 0.05) is 5.56 Å². The Bertz CT molecular complexity index is 1220. The second-order valence-electron chi connectivity index (χ2n) is 8.21. The van der Waals surface area contributed by atoms with E-state index < -0.39 is 29.8 Å². The maximum Gasteiger partial charge on any atom is 0.262 e. The van der Waals surface area contributed by atoms with Crippen LogP contribution in [0.4, 0.5) is 4.39 Å². The highest BCUT2D eigenvalue weighted by Gasteiger charge is 2.46. The zero-order valence-corrected chi connectivity index (χ0v) is 17.8. The molecule has 0 aliphatic carbocycles. The number of nitrogens with zero attached hydrogens (tertiary/aromatic N) is 1. The van der Waals surface area contributed by atoms with Crippen LogP contribution in [-0.2, 0) is 4.79 Å². The summed E-state index contributed by atoms with van der Waals surface area (Å²) in [6, 6.07) is 18.2. The molecule has 33 heavy (non-hydrogen) atoms. The van der Waals surface area contributed by atoms with E-state index >= 15 is 0 Å². The van der Waals surface area contributed by atoms with E-state index in [0.29, 0.717) is 28.0 Å². The Labute approximate surface area is 190 Å². The summed E-state index contributed by atoms with van der Waals surface area (Å²) in [5, 5.41) is 2.96. The van der Waals surface area contributed by atoms with Crippen LogP contribution >= 0.6 is 0 Å². The Balaban J connectivity index is 1.48. The first-order chi connectivity index (χ1) is 16.0. The maximum absolute atomic E-state index is 13.3. The SMILES string of the molecule is C[C@H](C(=O)N[C@H]1COc2ccccc2[C@@H]1N1C(=O)c2ccccc2C1=O)c1ccc(F)cc1. The van der Waals surface area contributed by atoms with Gasteiger partial charge in [0.05, 0.1) is 29.1 Å². The van der Waals surface area contributed by atoms with E-state index in [-0.39, 0.29) is 18.3 Å². The van der Waals surface area contributed by atoms with Crippen molar-refractivity contribution in [1.82, 2.24) is 10.2 Å². The number of carbonyl (C=O) groups excluding carboxylic acids is 3. The number of rotatable bonds is 4. The van der Waals surface area contributed by atoms with Crippen molar-refractivity contribution < 1.29 is 23.5 Å². The molecule has 0 fully saturated rings. The molecule has 166 valence electrons. The molecular formula is C26H21FN2O4. The van der Waals surface area contributed by atoms with Crippen molar-refractivity contribution in [3.05, 3.63) is 101 Å². The number of carbonyl (C=O) groups is 3. The average molecular weight is 444 g/mol. The molecule has 6 nitrogen and oxygen atoms in total. The quantitative estimate of drug-likeness (QED) is 0.621. The molecule has 5 rings (SSSR count). The van der Waals surface area contributed by atoms with Gasteiger partial charge in [0.1, 0.15) is 18.2 Å². The third-order valence-electron chi connectivity index (χ3n) is 6.23. The Hall–Kier alpha value is -4.00. The van der Waals surface area contributed by atoms with Crippen molar-refractivity contribution in [1.29, 1.82) is 0 Å². The van der Waals surface area contributed by atoms with E-state index in [1.165, 1.54) is 17.0 Å². The van der Waals surface area contributed by atoms with Gasteiger partial charge in [-0.15, -0.1) is 0 Å². The molecule has 0 unspecified atom stereocenters. The van der Waals surface area contributed by atoms with E-state index in [9.17, 15) is 18.8 Å². The minimum Gasteiger partial charge on any atom is -0.491 e. The fourth-order valence-corrected chi connectivity index (χ4v) is 4.45. The van der Waals surface area contributed by atoms with E-state index in [1.807, 2.05) is 6.07 Å². The summed E-state index contributed by atoms with van der Waals surface area (Å²) in [6.07, 6.45) is 0. The first-order valence-electron chi connectivity index (χ1n) is 10.7. The molecule has 0 saturated heterocycles. The highest BCUT2D eigenvalue weighted by molar-refractivity contribution is 6.21.